The van der Waals surface area contributed by atoms with Crippen LogP contribution in [0, 0.1) is 6.92 Å². The predicted molar refractivity (Wildman–Crippen MR) is 118 cm³/mol. The third-order valence-electron chi connectivity index (χ3n) is 3.93. The van der Waals surface area contributed by atoms with Crippen LogP contribution in [0.25, 0.3) is 6.08 Å². The molecule has 0 spiro atoms. The average molecular weight is 426 g/mol. The number of aryl methyl sites for hydroxylation is 1. The SMILES string of the molecule is Cc1nc(COc2ccc(/C=C3\SC(=S)N(c4cccnc4)C3=O)cc2)cs1. The van der Waals surface area contributed by atoms with E-state index in [9.17, 15) is 4.79 Å². The van der Waals surface area contributed by atoms with Crippen LogP contribution in [0.2, 0.25) is 0 Å². The predicted octanol–water partition coefficient (Wildman–Crippen LogP) is 4.83. The normalized spacial score (nSPS) is 15.5. The standard InChI is InChI=1S/C20H15N3O2S3/c1-13-22-15(12-27-13)11-25-17-6-4-14(5-7-17)9-18-19(24)23(20(26)28-18)16-3-2-8-21-10-16/h2-10,12H,11H2,1H3/b18-9-. The number of thiazole rings is 1. The number of hydrogen-bond acceptors (Lipinski definition) is 7. The number of aromatic nitrogens is 2. The average Bonchev–Trinajstić information content (AvgIpc) is 3.24. The van der Waals surface area contributed by atoms with Crippen molar-refractivity contribution in [2.75, 3.05) is 4.90 Å². The van der Waals surface area contributed by atoms with Crippen molar-refractivity contribution in [3.05, 3.63) is 75.3 Å². The van der Waals surface area contributed by atoms with Crippen molar-refractivity contribution in [3.8, 4) is 5.75 Å². The highest BCUT2D eigenvalue weighted by atomic mass is 32.2. The Labute approximate surface area is 176 Å². The van der Waals surface area contributed by atoms with Gasteiger partial charge in [0.25, 0.3) is 5.91 Å². The number of anilines is 1. The molecule has 0 radical (unpaired) electrons. The molecule has 0 bridgehead atoms. The van der Waals surface area contributed by atoms with Crippen molar-refractivity contribution in [1.29, 1.82) is 0 Å². The fourth-order valence-corrected chi connectivity index (χ4v) is 4.52. The molecule has 2 aromatic heterocycles. The minimum absolute atomic E-state index is 0.137. The number of thioether (sulfide) groups is 1. The second kappa shape index (κ2) is 8.22. The monoisotopic (exact) mass is 425 g/mol. The summed E-state index contributed by atoms with van der Waals surface area (Å²) >= 11 is 8.27. The van der Waals surface area contributed by atoms with E-state index in [1.807, 2.05) is 48.7 Å². The molecular weight excluding hydrogens is 410 g/mol. The van der Waals surface area contributed by atoms with Gasteiger partial charge in [-0.25, -0.2) is 4.98 Å². The maximum absolute atomic E-state index is 12.7. The van der Waals surface area contributed by atoms with E-state index in [1.54, 1.807) is 29.8 Å². The number of carbonyl (C=O) groups is 1. The minimum atomic E-state index is -0.137. The van der Waals surface area contributed by atoms with Crippen molar-refractivity contribution in [1.82, 2.24) is 9.97 Å². The Morgan fingerprint density at radius 1 is 1.25 bits per heavy atom. The van der Waals surface area contributed by atoms with Crippen molar-refractivity contribution in [2.24, 2.45) is 0 Å². The van der Waals surface area contributed by atoms with Gasteiger partial charge < -0.3 is 4.74 Å². The molecule has 1 amide bonds. The zero-order valence-corrected chi connectivity index (χ0v) is 17.3. The maximum Gasteiger partial charge on any atom is 0.270 e. The zero-order chi connectivity index (χ0) is 19.5. The lowest BCUT2D eigenvalue weighted by Gasteiger charge is -2.13. The number of thiocarbonyl (C=S) groups is 1. The molecule has 0 N–H and O–H groups in total. The summed E-state index contributed by atoms with van der Waals surface area (Å²) in [6, 6.07) is 11.2. The molecule has 1 fully saturated rings. The Morgan fingerprint density at radius 2 is 2.07 bits per heavy atom. The first-order chi connectivity index (χ1) is 13.6. The summed E-state index contributed by atoms with van der Waals surface area (Å²) in [7, 11) is 0. The smallest absolute Gasteiger partial charge is 0.270 e. The van der Waals surface area contributed by atoms with Crippen LogP contribution in [0.3, 0.4) is 0 Å². The van der Waals surface area contributed by atoms with Crippen LogP contribution in [-0.4, -0.2) is 20.2 Å². The summed E-state index contributed by atoms with van der Waals surface area (Å²) in [6.45, 7) is 2.41. The molecule has 4 rings (SSSR count). The molecular formula is C20H15N3O2S3. The fourth-order valence-electron chi connectivity index (χ4n) is 2.62. The molecule has 5 nitrogen and oxygen atoms in total. The first-order valence-corrected chi connectivity index (χ1v) is 10.5. The van der Waals surface area contributed by atoms with Crippen LogP contribution >= 0.6 is 35.3 Å². The van der Waals surface area contributed by atoms with Crippen LogP contribution in [0.5, 0.6) is 5.75 Å². The minimum Gasteiger partial charge on any atom is -0.487 e. The molecule has 0 saturated carbocycles. The Kier molecular flexibility index (Phi) is 5.52. The molecule has 0 aliphatic carbocycles. The second-order valence-electron chi connectivity index (χ2n) is 5.94. The van der Waals surface area contributed by atoms with Gasteiger partial charge in [-0.15, -0.1) is 11.3 Å². The van der Waals surface area contributed by atoms with Crippen LogP contribution in [0.1, 0.15) is 16.3 Å². The number of nitrogens with zero attached hydrogens (tertiary/aromatic N) is 3. The van der Waals surface area contributed by atoms with Gasteiger partial charge in [-0.1, -0.05) is 36.1 Å². The summed E-state index contributed by atoms with van der Waals surface area (Å²) in [5, 5.41) is 3.02. The van der Waals surface area contributed by atoms with Gasteiger partial charge in [-0.3, -0.25) is 14.7 Å². The molecule has 1 aromatic carbocycles. The van der Waals surface area contributed by atoms with Crippen molar-refractivity contribution in [3.63, 3.8) is 0 Å². The van der Waals surface area contributed by atoms with Crippen molar-refractivity contribution in [2.45, 2.75) is 13.5 Å². The lowest BCUT2D eigenvalue weighted by Crippen LogP contribution is -2.27. The molecule has 3 heterocycles. The van der Waals surface area contributed by atoms with Gasteiger partial charge in [-0.2, -0.15) is 0 Å². The molecule has 0 atom stereocenters. The topological polar surface area (TPSA) is 55.3 Å². The number of ether oxygens (including phenoxy) is 1. The molecule has 3 aromatic rings. The van der Waals surface area contributed by atoms with E-state index in [-0.39, 0.29) is 5.91 Å². The van der Waals surface area contributed by atoms with Gasteiger partial charge in [0.1, 0.15) is 12.4 Å². The molecule has 0 unspecified atom stereocenters. The third-order valence-corrected chi connectivity index (χ3v) is 6.05. The Bertz CT molecular complexity index is 1050. The van der Waals surface area contributed by atoms with Crippen LogP contribution in [0.4, 0.5) is 5.69 Å². The van der Waals surface area contributed by atoms with Crippen molar-refractivity contribution < 1.29 is 9.53 Å². The zero-order valence-electron chi connectivity index (χ0n) is 14.9. The quantitative estimate of drug-likeness (QED) is 0.431. The van der Waals surface area contributed by atoms with Crippen LogP contribution in [0.15, 0.2) is 59.1 Å². The van der Waals surface area contributed by atoms with E-state index < -0.39 is 0 Å². The van der Waals surface area contributed by atoms with Gasteiger partial charge in [0.2, 0.25) is 0 Å². The Morgan fingerprint density at radius 3 is 2.75 bits per heavy atom. The van der Waals surface area contributed by atoms with Gasteiger partial charge in [-0.05, 0) is 42.8 Å². The Hall–Kier alpha value is -2.55. The molecule has 1 aliphatic heterocycles. The summed E-state index contributed by atoms with van der Waals surface area (Å²) in [6.07, 6.45) is 5.13. The number of amides is 1. The number of hydrogen-bond donors (Lipinski definition) is 0. The second-order valence-corrected chi connectivity index (χ2v) is 8.68. The van der Waals surface area contributed by atoms with Gasteiger partial charge in [0.05, 0.1) is 27.5 Å². The number of rotatable bonds is 5. The van der Waals surface area contributed by atoms with E-state index in [0.29, 0.717) is 21.5 Å². The molecule has 140 valence electrons. The van der Waals surface area contributed by atoms with E-state index in [0.717, 1.165) is 22.0 Å². The van der Waals surface area contributed by atoms with Gasteiger partial charge >= 0.3 is 0 Å². The van der Waals surface area contributed by atoms with E-state index in [4.69, 9.17) is 17.0 Å². The highest BCUT2D eigenvalue weighted by Crippen LogP contribution is 2.35. The maximum atomic E-state index is 12.7. The van der Waals surface area contributed by atoms with Gasteiger partial charge in [0, 0.05) is 11.6 Å². The molecule has 28 heavy (non-hydrogen) atoms. The number of carbonyl (C=O) groups excluding carboxylic acids is 1. The first-order valence-electron chi connectivity index (χ1n) is 8.42. The molecule has 8 heteroatoms. The highest BCUT2D eigenvalue weighted by molar-refractivity contribution is 8.27. The first kappa shape index (κ1) is 18.8. The summed E-state index contributed by atoms with van der Waals surface area (Å²) in [4.78, 5) is 23.3. The lowest BCUT2D eigenvalue weighted by molar-refractivity contribution is -0.113. The summed E-state index contributed by atoms with van der Waals surface area (Å²) in [5.74, 6) is 0.618. The highest BCUT2D eigenvalue weighted by Gasteiger charge is 2.33. The largest absolute Gasteiger partial charge is 0.487 e. The number of benzene rings is 1. The molecule has 1 saturated heterocycles. The summed E-state index contributed by atoms with van der Waals surface area (Å²) in [5.41, 5.74) is 2.50. The van der Waals surface area contributed by atoms with Crippen LogP contribution in [-0.2, 0) is 11.4 Å². The third kappa shape index (κ3) is 4.14. The Balaban J connectivity index is 1.45. The summed E-state index contributed by atoms with van der Waals surface area (Å²) < 4.78 is 6.26. The molecule has 1 aliphatic rings. The van der Waals surface area contributed by atoms with E-state index >= 15 is 0 Å². The van der Waals surface area contributed by atoms with Gasteiger partial charge in [0.15, 0.2) is 4.32 Å². The van der Waals surface area contributed by atoms with E-state index in [1.165, 1.54) is 16.7 Å². The lowest BCUT2D eigenvalue weighted by atomic mass is 10.2. The fraction of sp³-hybridized carbons (Fsp3) is 0.100. The van der Waals surface area contributed by atoms with Crippen LogP contribution < -0.4 is 9.64 Å². The van der Waals surface area contributed by atoms with E-state index in [2.05, 4.69) is 9.97 Å². The van der Waals surface area contributed by atoms with Crippen molar-refractivity contribution >= 4 is 57.3 Å². The number of pyridine rings is 1.